The van der Waals surface area contributed by atoms with Gasteiger partial charge in [-0.05, 0) is 5.56 Å². The van der Waals surface area contributed by atoms with Crippen LogP contribution in [-0.2, 0) is 11.3 Å². The minimum Gasteiger partial charge on any atom is -0.445 e. The molecule has 0 saturated heterocycles. The van der Waals surface area contributed by atoms with Crippen LogP contribution in [0.25, 0.3) is 0 Å². The average Bonchev–Trinajstić information content (AvgIpc) is 2.58. The van der Waals surface area contributed by atoms with Gasteiger partial charge in [-0.15, -0.1) is 0 Å². The van der Waals surface area contributed by atoms with E-state index in [2.05, 4.69) is 22.1 Å². The first-order valence-electron chi connectivity index (χ1n) is 6.79. The van der Waals surface area contributed by atoms with Crippen molar-refractivity contribution in [3.8, 4) is 11.8 Å². The van der Waals surface area contributed by atoms with Crippen LogP contribution in [0, 0.1) is 22.0 Å². The van der Waals surface area contributed by atoms with Crippen molar-refractivity contribution >= 4 is 23.4 Å². The van der Waals surface area contributed by atoms with E-state index in [1.165, 1.54) is 6.20 Å². The molecular formula is C16H12ClN3O4. The lowest BCUT2D eigenvalue weighted by molar-refractivity contribution is -0.385. The van der Waals surface area contributed by atoms with Crippen molar-refractivity contribution in [3.63, 3.8) is 0 Å². The maximum absolute atomic E-state index is 11.5. The van der Waals surface area contributed by atoms with Gasteiger partial charge < -0.3 is 10.1 Å². The first kappa shape index (κ1) is 17.2. The van der Waals surface area contributed by atoms with Crippen LogP contribution >= 0.6 is 11.6 Å². The largest absolute Gasteiger partial charge is 0.445 e. The zero-order valence-corrected chi connectivity index (χ0v) is 13.1. The molecule has 1 amide bonds. The number of nitrogens with zero attached hydrogens (tertiary/aromatic N) is 2. The molecule has 2 aromatic rings. The molecule has 1 aromatic heterocycles. The van der Waals surface area contributed by atoms with Crippen LogP contribution in [0.1, 0.15) is 11.1 Å². The predicted octanol–water partition coefficient (Wildman–Crippen LogP) is 2.92. The highest BCUT2D eigenvalue weighted by Crippen LogP contribution is 2.25. The lowest BCUT2D eigenvalue weighted by Gasteiger charge is -2.04. The van der Waals surface area contributed by atoms with Crippen molar-refractivity contribution in [1.82, 2.24) is 10.3 Å². The summed E-state index contributed by atoms with van der Waals surface area (Å²) >= 11 is 5.87. The number of carbonyl (C=O) groups excluding carboxylic acids is 1. The molecule has 0 saturated carbocycles. The molecular weight excluding hydrogens is 334 g/mol. The molecule has 0 aliphatic carbocycles. The van der Waals surface area contributed by atoms with Crippen LogP contribution in [0.15, 0.2) is 42.7 Å². The lowest BCUT2D eigenvalue weighted by atomic mass is 10.2. The fraction of sp³-hybridized carbons (Fsp3) is 0.125. The maximum Gasteiger partial charge on any atom is 0.408 e. The summed E-state index contributed by atoms with van der Waals surface area (Å²) in [6.45, 7) is 0.160. The summed E-state index contributed by atoms with van der Waals surface area (Å²) in [5.74, 6) is 5.25. The standard InChI is InChI=1S/C16H12ClN3O4/c17-15-13(9-18-10-14(15)20(22)23)7-4-8-19-16(21)24-11-12-5-2-1-3-6-12/h1-3,5-6,9-10H,8,11H2,(H,19,21). The average molecular weight is 346 g/mol. The van der Waals surface area contributed by atoms with Gasteiger partial charge in [0.25, 0.3) is 0 Å². The number of carbonyl (C=O) groups is 1. The van der Waals surface area contributed by atoms with E-state index in [0.717, 1.165) is 11.8 Å². The normalized spacial score (nSPS) is 9.54. The predicted molar refractivity (Wildman–Crippen MR) is 87.4 cm³/mol. The molecule has 2 rings (SSSR count). The first-order valence-corrected chi connectivity index (χ1v) is 7.17. The van der Waals surface area contributed by atoms with Gasteiger partial charge in [0.2, 0.25) is 0 Å². The molecule has 0 atom stereocenters. The van der Waals surface area contributed by atoms with Gasteiger partial charge in [0.15, 0.2) is 0 Å². The number of alkyl carbamates (subject to hydrolysis) is 1. The van der Waals surface area contributed by atoms with Gasteiger partial charge in [-0.1, -0.05) is 53.8 Å². The molecule has 8 heteroatoms. The Morgan fingerprint density at radius 3 is 2.79 bits per heavy atom. The van der Waals surface area contributed by atoms with Crippen LogP contribution in [0.5, 0.6) is 0 Å². The SMILES string of the molecule is O=C(NCC#Cc1cncc([N+](=O)[O-])c1Cl)OCc1ccccc1. The molecule has 0 aliphatic heterocycles. The van der Waals surface area contributed by atoms with E-state index in [9.17, 15) is 14.9 Å². The second kappa shape index (κ2) is 8.50. The number of nitro groups is 1. The highest BCUT2D eigenvalue weighted by Gasteiger charge is 2.15. The number of nitrogens with one attached hydrogen (secondary N) is 1. The number of ether oxygens (including phenoxy) is 1. The van der Waals surface area contributed by atoms with E-state index >= 15 is 0 Å². The molecule has 122 valence electrons. The molecule has 24 heavy (non-hydrogen) atoms. The third-order valence-electron chi connectivity index (χ3n) is 2.82. The Hall–Kier alpha value is -3.11. The number of benzene rings is 1. The number of rotatable bonds is 4. The second-order valence-corrected chi connectivity index (χ2v) is 4.87. The fourth-order valence-electron chi connectivity index (χ4n) is 1.68. The van der Waals surface area contributed by atoms with Gasteiger partial charge in [-0.25, -0.2) is 4.79 Å². The van der Waals surface area contributed by atoms with Crippen molar-refractivity contribution in [2.24, 2.45) is 0 Å². The Morgan fingerprint density at radius 2 is 2.08 bits per heavy atom. The van der Waals surface area contributed by atoms with E-state index in [1.54, 1.807) is 0 Å². The third-order valence-corrected chi connectivity index (χ3v) is 3.21. The smallest absolute Gasteiger partial charge is 0.408 e. The van der Waals surface area contributed by atoms with Gasteiger partial charge in [0, 0.05) is 6.20 Å². The van der Waals surface area contributed by atoms with Crippen molar-refractivity contribution in [1.29, 1.82) is 0 Å². The van der Waals surface area contributed by atoms with E-state index in [0.29, 0.717) is 0 Å². The molecule has 7 nitrogen and oxygen atoms in total. The Kier molecular flexibility index (Phi) is 6.11. The molecule has 0 radical (unpaired) electrons. The van der Waals surface area contributed by atoms with Crippen LogP contribution in [-0.4, -0.2) is 22.5 Å². The Bertz CT molecular complexity index is 800. The minimum atomic E-state index is -0.639. The summed E-state index contributed by atoms with van der Waals surface area (Å²) in [6, 6.07) is 9.24. The molecule has 0 spiro atoms. The zero-order chi connectivity index (χ0) is 17.4. The highest BCUT2D eigenvalue weighted by atomic mass is 35.5. The molecule has 0 unspecified atom stereocenters. The van der Waals surface area contributed by atoms with E-state index in [1.807, 2.05) is 30.3 Å². The molecule has 1 N–H and O–H groups in total. The third kappa shape index (κ3) is 4.97. The minimum absolute atomic E-state index is 0.00659. The summed E-state index contributed by atoms with van der Waals surface area (Å²) in [6.07, 6.45) is 1.75. The van der Waals surface area contributed by atoms with Gasteiger partial charge >= 0.3 is 11.8 Å². The van der Waals surface area contributed by atoms with Gasteiger partial charge in [0.05, 0.1) is 17.0 Å². The van der Waals surface area contributed by atoms with Gasteiger partial charge in [0.1, 0.15) is 17.8 Å². The summed E-state index contributed by atoms with van der Waals surface area (Å²) in [5.41, 5.74) is 0.761. The number of hydrogen-bond acceptors (Lipinski definition) is 5. The summed E-state index contributed by atoms with van der Waals surface area (Å²) in [4.78, 5) is 25.3. The topological polar surface area (TPSA) is 94.4 Å². The van der Waals surface area contributed by atoms with E-state index in [-0.39, 0.29) is 29.4 Å². The van der Waals surface area contributed by atoms with Crippen molar-refractivity contribution in [3.05, 3.63) is 69.0 Å². The van der Waals surface area contributed by atoms with Crippen molar-refractivity contribution in [2.45, 2.75) is 6.61 Å². The Labute approximate surface area is 142 Å². The van der Waals surface area contributed by atoms with Crippen molar-refractivity contribution < 1.29 is 14.5 Å². The maximum atomic E-state index is 11.5. The summed E-state index contributed by atoms with van der Waals surface area (Å²) in [5, 5.41) is 13.1. The van der Waals surface area contributed by atoms with Crippen LogP contribution < -0.4 is 5.32 Å². The summed E-state index contributed by atoms with van der Waals surface area (Å²) in [7, 11) is 0. The number of aromatic nitrogens is 1. The van der Waals surface area contributed by atoms with Gasteiger partial charge in [-0.2, -0.15) is 0 Å². The fourth-order valence-corrected chi connectivity index (χ4v) is 1.89. The first-order chi connectivity index (χ1) is 11.6. The molecule has 0 aliphatic rings. The number of hydrogen-bond donors (Lipinski definition) is 1. The van der Waals surface area contributed by atoms with E-state index < -0.39 is 11.0 Å². The van der Waals surface area contributed by atoms with Crippen LogP contribution in [0.4, 0.5) is 10.5 Å². The Balaban J connectivity index is 1.84. The van der Waals surface area contributed by atoms with Crippen molar-refractivity contribution in [2.75, 3.05) is 6.54 Å². The second-order valence-electron chi connectivity index (χ2n) is 4.49. The molecule has 0 bridgehead atoms. The number of amides is 1. The zero-order valence-electron chi connectivity index (χ0n) is 12.4. The number of halogens is 1. The number of pyridine rings is 1. The van der Waals surface area contributed by atoms with Crippen LogP contribution in [0.3, 0.4) is 0 Å². The van der Waals surface area contributed by atoms with Crippen LogP contribution in [0.2, 0.25) is 5.02 Å². The molecule has 1 aromatic carbocycles. The Morgan fingerprint density at radius 1 is 1.33 bits per heavy atom. The molecule has 1 heterocycles. The van der Waals surface area contributed by atoms with E-state index in [4.69, 9.17) is 16.3 Å². The summed E-state index contributed by atoms with van der Waals surface area (Å²) < 4.78 is 5.01. The lowest BCUT2D eigenvalue weighted by Crippen LogP contribution is -2.24. The monoisotopic (exact) mass is 345 g/mol. The quantitative estimate of drug-likeness (QED) is 0.522. The molecule has 0 fully saturated rings. The highest BCUT2D eigenvalue weighted by molar-refractivity contribution is 6.33. The van der Waals surface area contributed by atoms with Gasteiger partial charge in [-0.3, -0.25) is 15.1 Å².